The van der Waals surface area contributed by atoms with Crippen LogP contribution in [0.25, 0.3) is 0 Å². The summed E-state index contributed by atoms with van der Waals surface area (Å²) < 4.78 is 13.5. The molecule has 0 aliphatic rings. The quantitative estimate of drug-likeness (QED) is 0.762. The molecule has 0 saturated carbocycles. The first-order chi connectivity index (χ1) is 12.8. The summed E-state index contributed by atoms with van der Waals surface area (Å²) in [6.45, 7) is 1.90. The highest BCUT2D eigenvalue weighted by molar-refractivity contribution is 6.30. The van der Waals surface area contributed by atoms with E-state index in [4.69, 9.17) is 11.6 Å². The molecule has 144 valence electrons. The maximum atomic E-state index is 13.5. The third kappa shape index (κ3) is 6.05. The molecule has 0 heterocycles. The Kier molecular flexibility index (Phi) is 7.33. The molecule has 2 aromatic rings. The van der Waals surface area contributed by atoms with Gasteiger partial charge in [0.05, 0.1) is 6.04 Å². The van der Waals surface area contributed by atoms with Crippen molar-refractivity contribution < 1.29 is 14.0 Å². The lowest BCUT2D eigenvalue weighted by molar-refractivity contribution is -0.122. The molecule has 0 aliphatic carbocycles. The fourth-order valence-corrected chi connectivity index (χ4v) is 2.74. The van der Waals surface area contributed by atoms with E-state index in [0.717, 1.165) is 5.56 Å². The fourth-order valence-electron chi connectivity index (χ4n) is 2.61. The van der Waals surface area contributed by atoms with Gasteiger partial charge in [0.15, 0.2) is 0 Å². The molecule has 27 heavy (non-hydrogen) atoms. The van der Waals surface area contributed by atoms with Crippen LogP contribution >= 0.6 is 11.6 Å². The van der Waals surface area contributed by atoms with Crippen molar-refractivity contribution in [2.45, 2.75) is 19.0 Å². The topological polar surface area (TPSA) is 61.4 Å². The molecule has 2 N–H and O–H groups in total. The maximum Gasteiger partial charge on any atom is 0.251 e. The molecular weight excluding hydrogens is 369 g/mol. The number of carbonyl (C=O) groups excluding carboxylic acids is 2. The van der Waals surface area contributed by atoms with E-state index in [0.29, 0.717) is 10.6 Å². The van der Waals surface area contributed by atoms with E-state index in [2.05, 4.69) is 10.6 Å². The summed E-state index contributed by atoms with van der Waals surface area (Å²) in [4.78, 5) is 26.4. The number of hydrogen-bond donors (Lipinski definition) is 2. The predicted octanol–water partition coefficient (Wildman–Crippen LogP) is 3.02. The molecule has 2 aromatic carbocycles. The fraction of sp³-hybridized carbons (Fsp3) is 0.300. The van der Waals surface area contributed by atoms with Gasteiger partial charge in [0.1, 0.15) is 11.9 Å². The van der Waals surface area contributed by atoms with Crippen molar-refractivity contribution in [1.29, 1.82) is 0 Å². The third-order valence-corrected chi connectivity index (χ3v) is 4.43. The Labute approximate surface area is 163 Å². The van der Waals surface area contributed by atoms with E-state index < -0.39 is 6.04 Å². The normalized spacial score (nSPS) is 13.1. The predicted molar refractivity (Wildman–Crippen MR) is 104 cm³/mol. The molecule has 5 nitrogen and oxygen atoms in total. The largest absolute Gasteiger partial charge is 0.352 e. The number of rotatable bonds is 7. The van der Waals surface area contributed by atoms with Crippen molar-refractivity contribution >= 4 is 23.4 Å². The van der Waals surface area contributed by atoms with Crippen molar-refractivity contribution in [3.63, 3.8) is 0 Å². The number of amides is 2. The molecule has 0 fully saturated rings. The first-order valence-corrected chi connectivity index (χ1v) is 8.91. The maximum absolute atomic E-state index is 13.5. The molecule has 2 unspecified atom stereocenters. The highest BCUT2D eigenvalue weighted by Crippen LogP contribution is 2.18. The van der Waals surface area contributed by atoms with E-state index in [1.165, 1.54) is 12.1 Å². The molecule has 0 bridgehead atoms. The lowest BCUT2D eigenvalue weighted by atomic mass is 10.1. The van der Waals surface area contributed by atoms with Crippen molar-refractivity contribution in [2.24, 2.45) is 0 Å². The molecule has 0 radical (unpaired) electrons. The Morgan fingerprint density at radius 1 is 1.15 bits per heavy atom. The molecule has 0 spiro atoms. The van der Waals surface area contributed by atoms with Gasteiger partial charge < -0.3 is 15.5 Å². The zero-order valence-electron chi connectivity index (χ0n) is 15.5. The monoisotopic (exact) mass is 391 g/mol. The van der Waals surface area contributed by atoms with Crippen molar-refractivity contribution in [3.05, 3.63) is 70.5 Å². The molecule has 0 saturated heterocycles. The summed E-state index contributed by atoms with van der Waals surface area (Å²) in [6, 6.07) is 11.8. The zero-order valence-corrected chi connectivity index (χ0v) is 16.3. The van der Waals surface area contributed by atoms with Crippen LogP contribution in [0.1, 0.15) is 28.9 Å². The van der Waals surface area contributed by atoms with Crippen molar-refractivity contribution in [2.75, 3.05) is 20.6 Å². The number of nitrogens with one attached hydrogen (secondary N) is 2. The number of hydrogen-bond acceptors (Lipinski definition) is 3. The summed E-state index contributed by atoms with van der Waals surface area (Å²) in [6.07, 6.45) is 0. The number of halogens is 2. The van der Waals surface area contributed by atoms with Crippen molar-refractivity contribution in [3.8, 4) is 0 Å². The first-order valence-electron chi connectivity index (χ1n) is 8.54. The standard InChI is InChI=1S/C20H23ClFN3O2/c1-13(24-20(27)14-7-9-16(21)10-8-14)19(26)23-12-18(25(2)3)15-5-4-6-17(22)11-15/h4-11,13,18H,12H2,1-3H3,(H,23,26)(H,24,27). The number of nitrogens with zero attached hydrogens (tertiary/aromatic N) is 1. The van der Waals surface area contributed by atoms with Gasteiger partial charge in [-0.3, -0.25) is 9.59 Å². The summed E-state index contributed by atoms with van der Waals surface area (Å²) in [5.41, 5.74) is 1.18. The molecule has 2 amide bonds. The van der Waals surface area contributed by atoms with Crippen LogP contribution in [-0.4, -0.2) is 43.4 Å². The van der Waals surface area contributed by atoms with Crippen LogP contribution in [0.15, 0.2) is 48.5 Å². The molecule has 0 aliphatic heterocycles. The second kappa shape index (κ2) is 9.48. The SMILES string of the molecule is CC(NC(=O)c1ccc(Cl)cc1)C(=O)NCC(c1cccc(F)c1)N(C)C. The van der Waals surface area contributed by atoms with Gasteiger partial charge >= 0.3 is 0 Å². The highest BCUT2D eigenvalue weighted by Gasteiger charge is 2.20. The third-order valence-electron chi connectivity index (χ3n) is 4.17. The van der Waals surface area contributed by atoms with Gasteiger partial charge in [-0.05, 0) is 63.0 Å². The summed E-state index contributed by atoms with van der Waals surface area (Å²) in [5.74, 6) is -1.00. The smallest absolute Gasteiger partial charge is 0.251 e. The van der Waals surface area contributed by atoms with Crippen LogP contribution in [0.5, 0.6) is 0 Å². The highest BCUT2D eigenvalue weighted by atomic mass is 35.5. The Hall–Kier alpha value is -2.44. The van der Waals surface area contributed by atoms with Gasteiger partial charge in [-0.1, -0.05) is 23.7 Å². The van der Waals surface area contributed by atoms with Crippen molar-refractivity contribution in [1.82, 2.24) is 15.5 Å². The van der Waals surface area contributed by atoms with Gasteiger partial charge in [0.2, 0.25) is 5.91 Å². The van der Waals surface area contributed by atoms with Crippen LogP contribution < -0.4 is 10.6 Å². The van der Waals surface area contributed by atoms with Gasteiger partial charge in [-0.15, -0.1) is 0 Å². The molecular formula is C20H23ClFN3O2. The Balaban J connectivity index is 1.94. The van der Waals surface area contributed by atoms with E-state index in [1.807, 2.05) is 25.1 Å². The Morgan fingerprint density at radius 2 is 1.81 bits per heavy atom. The van der Waals surface area contributed by atoms with E-state index in [9.17, 15) is 14.0 Å². The lowest BCUT2D eigenvalue weighted by Gasteiger charge is -2.26. The van der Waals surface area contributed by atoms with Gasteiger partial charge in [0.25, 0.3) is 5.91 Å². The van der Waals surface area contributed by atoms with Gasteiger partial charge in [-0.25, -0.2) is 4.39 Å². The van der Waals surface area contributed by atoms with Crippen LogP contribution in [0.2, 0.25) is 5.02 Å². The minimum atomic E-state index is -0.719. The number of carbonyl (C=O) groups is 2. The van der Waals surface area contributed by atoms with E-state index in [1.54, 1.807) is 37.3 Å². The van der Waals surface area contributed by atoms with Gasteiger partial charge in [-0.2, -0.15) is 0 Å². The summed E-state index contributed by atoms with van der Waals surface area (Å²) in [7, 11) is 3.71. The average Bonchev–Trinajstić information content (AvgIpc) is 2.62. The first kappa shape index (κ1) is 20.9. The molecule has 2 rings (SSSR count). The van der Waals surface area contributed by atoms with E-state index >= 15 is 0 Å². The van der Waals surface area contributed by atoms with E-state index in [-0.39, 0.29) is 30.2 Å². The van der Waals surface area contributed by atoms with Gasteiger partial charge in [0, 0.05) is 17.1 Å². The minimum Gasteiger partial charge on any atom is -0.352 e. The zero-order chi connectivity index (χ0) is 20.0. The Bertz CT molecular complexity index is 796. The minimum absolute atomic E-state index is 0.191. The van der Waals surface area contributed by atoms with Crippen LogP contribution in [0.3, 0.4) is 0 Å². The number of likely N-dealkylation sites (N-methyl/N-ethyl adjacent to an activating group) is 1. The second-order valence-electron chi connectivity index (χ2n) is 6.48. The second-order valence-corrected chi connectivity index (χ2v) is 6.92. The van der Waals surface area contributed by atoms with Crippen LogP contribution in [0.4, 0.5) is 4.39 Å². The summed E-state index contributed by atoms with van der Waals surface area (Å²) >= 11 is 5.81. The molecule has 2 atom stereocenters. The Morgan fingerprint density at radius 3 is 2.41 bits per heavy atom. The molecule has 7 heteroatoms. The molecule has 0 aromatic heterocycles. The van der Waals surface area contributed by atoms with Crippen LogP contribution in [0, 0.1) is 5.82 Å². The lowest BCUT2D eigenvalue weighted by Crippen LogP contribution is -2.46. The average molecular weight is 392 g/mol. The number of benzene rings is 2. The summed E-state index contributed by atoms with van der Waals surface area (Å²) in [5, 5.41) is 5.99. The van der Waals surface area contributed by atoms with Crippen LogP contribution in [-0.2, 0) is 4.79 Å².